The van der Waals surface area contributed by atoms with Gasteiger partial charge in [-0.2, -0.15) is 0 Å². The Labute approximate surface area is 204 Å². The highest BCUT2D eigenvalue weighted by molar-refractivity contribution is 7.92. The van der Waals surface area contributed by atoms with E-state index >= 15 is 0 Å². The van der Waals surface area contributed by atoms with E-state index in [9.17, 15) is 31.2 Å². The zero-order valence-corrected chi connectivity index (χ0v) is 19.4. The van der Waals surface area contributed by atoms with E-state index in [2.05, 4.69) is 19.8 Å². The molecule has 0 saturated carbocycles. The number of sulfonamides is 1. The molecule has 1 aliphatic rings. The topological polar surface area (TPSA) is 118 Å². The van der Waals surface area contributed by atoms with Crippen molar-refractivity contribution in [2.24, 2.45) is 0 Å². The highest BCUT2D eigenvalue weighted by Gasteiger charge is 2.48. The van der Waals surface area contributed by atoms with Crippen LogP contribution in [0.15, 0.2) is 78.0 Å². The number of carbonyl (C=O) groups excluding carboxylic acids is 2. The molecule has 0 aliphatic carbocycles. The van der Waals surface area contributed by atoms with Crippen molar-refractivity contribution >= 4 is 33.3 Å². The van der Waals surface area contributed by atoms with Gasteiger partial charge in [0.1, 0.15) is 11.3 Å². The lowest BCUT2D eigenvalue weighted by atomic mass is 9.92. The number of nitrogens with one attached hydrogen (secondary N) is 2. The number of halogens is 3. The Balaban J connectivity index is 1.56. The van der Waals surface area contributed by atoms with Crippen molar-refractivity contribution in [1.29, 1.82) is 0 Å². The Kier molecular flexibility index (Phi) is 6.35. The van der Waals surface area contributed by atoms with Gasteiger partial charge in [0.2, 0.25) is 0 Å². The van der Waals surface area contributed by atoms with Crippen LogP contribution in [0.4, 0.5) is 29.3 Å². The van der Waals surface area contributed by atoms with Gasteiger partial charge in [-0.3, -0.25) is 14.5 Å². The summed E-state index contributed by atoms with van der Waals surface area (Å²) in [6, 6.07) is 12.7. The standard InChI is InChI=1S/C23H19F3N4O5S/c1-22(13-15-11-12-27-14-19(15)29-36(33,34)18-5-3-2-4-6-18)20(31)30(21(32)28-22)16-7-9-17(10-8-16)35-23(24,25)26/h2-12,14,29H,13H2,1H3,(H,28,32). The van der Waals surface area contributed by atoms with Gasteiger partial charge in [0, 0.05) is 12.6 Å². The largest absolute Gasteiger partial charge is 0.573 e. The maximum atomic E-state index is 13.3. The molecule has 1 saturated heterocycles. The molecule has 1 unspecified atom stereocenters. The third-order valence-electron chi connectivity index (χ3n) is 5.34. The molecule has 1 atom stereocenters. The number of rotatable bonds is 7. The molecule has 0 radical (unpaired) electrons. The third-order valence-corrected chi connectivity index (χ3v) is 6.72. The Bertz CT molecular complexity index is 1400. The average Bonchev–Trinajstić information content (AvgIpc) is 3.03. The van der Waals surface area contributed by atoms with E-state index in [0.717, 1.165) is 29.2 Å². The van der Waals surface area contributed by atoms with E-state index in [1.807, 2.05) is 0 Å². The summed E-state index contributed by atoms with van der Waals surface area (Å²) in [6.07, 6.45) is -2.28. The number of hydrogen-bond donors (Lipinski definition) is 2. The van der Waals surface area contributed by atoms with Crippen molar-refractivity contribution in [3.05, 3.63) is 78.6 Å². The number of hydrogen-bond acceptors (Lipinski definition) is 6. The molecule has 13 heteroatoms. The number of anilines is 2. The number of benzene rings is 2. The molecule has 3 aromatic rings. The Hall–Kier alpha value is -4.13. The van der Waals surface area contributed by atoms with Gasteiger partial charge in [0.05, 0.1) is 22.5 Å². The maximum absolute atomic E-state index is 13.3. The number of pyridine rings is 1. The van der Waals surface area contributed by atoms with Crippen LogP contribution in [-0.4, -0.2) is 37.2 Å². The number of urea groups is 1. The van der Waals surface area contributed by atoms with Crippen molar-refractivity contribution in [2.75, 3.05) is 9.62 Å². The van der Waals surface area contributed by atoms with Gasteiger partial charge in [-0.25, -0.2) is 18.1 Å². The number of amides is 3. The zero-order valence-electron chi connectivity index (χ0n) is 18.6. The van der Waals surface area contributed by atoms with Gasteiger partial charge >= 0.3 is 12.4 Å². The second-order valence-corrected chi connectivity index (χ2v) is 9.76. The van der Waals surface area contributed by atoms with Gasteiger partial charge < -0.3 is 10.1 Å². The third kappa shape index (κ3) is 5.25. The monoisotopic (exact) mass is 520 g/mol. The second kappa shape index (κ2) is 9.15. The quantitative estimate of drug-likeness (QED) is 0.457. The fourth-order valence-electron chi connectivity index (χ4n) is 3.69. The highest BCUT2D eigenvalue weighted by Crippen LogP contribution is 2.32. The summed E-state index contributed by atoms with van der Waals surface area (Å²) in [6.45, 7) is 1.46. The Morgan fingerprint density at radius 3 is 2.36 bits per heavy atom. The fourth-order valence-corrected chi connectivity index (χ4v) is 4.80. The van der Waals surface area contributed by atoms with E-state index in [4.69, 9.17) is 0 Å². The molecular formula is C23H19F3N4O5S. The predicted molar refractivity (Wildman–Crippen MR) is 123 cm³/mol. The smallest absolute Gasteiger partial charge is 0.406 e. The minimum atomic E-state index is -4.88. The first kappa shape index (κ1) is 25.0. The summed E-state index contributed by atoms with van der Waals surface area (Å²) in [4.78, 5) is 30.7. The van der Waals surface area contributed by atoms with Crippen LogP contribution in [0, 0.1) is 0 Å². The van der Waals surface area contributed by atoms with Gasteiger partial charge in [-0.15, -0.1) is 13.2 Å². The molecule has 188 valence electrons. The lowest BCUT2D eigenvalue weighted by molar-refractivity contribution is -0.274. The van der Waals surface area contributed by atoms with Crippen molar-refractivity contribution < 1.29 is 35.9 Å². The molecule has 2 aromatic carbocycles. The van der Waals surface area contributed by atoms with E-state index in [-0.39, 0.29) is 22.7 Å². The number of alkyl halides is 3. The summed E-state index contributed by atoms with van der Waals surface area (Å²) in [5, 5.41) is 2.58. The van der Waals surface area contributed by atoms with Gasteiger partial charge in [-0.05, 0) is 55.0 Å². The van der Waals surface area contributed by atoms with Crippen LogP contribution in [0.25, 0.3) is 0 Å². The zero-order chi connectivity index (χ0) is 26.1. The van der Waals surface area contributed by atoms with Gasteiger partial charge in [0.15, 0.2) is 0 Å². The van der Waals surface area contributed by atoms with Crippen LogP contribution in [0.1, 0.15) is 12.5 Å². The molecule has 1 aliphatic heterocycles. The molecule has 3 amide bonds. The summed E-state index contributed by atoms with van der Waals surface area (Å²) < 4.78 is 69.0. The van der Waals surface area contributed by atoms with Crippen LogP contribution in [0.5, 0.6) is 5.75 Å². The fraction of sp³-hybridized carbons (Fsp3) is 0.174. The number of imide groups is 1. The molecule has 2 heterocycles. The molecule has 1 fully saturated rings. The minimum absolute atomic E-state index is 0.0281. The molecule has 4 rings (SSSR count). The molecule has 0 spiro atoms. The lowest BCUT2D eigenvalue weighted by Gasteiger charge is -2.23. The predicted octanol–water partition coefficient (Wildman–Crippen LogP) is 3.84. The Morgan fingerprint density at radius 1 is 1.06 bits per heavy atom. The van der Waals surface area contributed by atoms with E-state index in [0.29, 0.717) is 5.56 Å². The van der Waals surface area contributed by atoms with Crippen LogP contribution in [0.2, 0.25) is 0 Å². The van der Waals surface area contributed by atoms with Crippen molar-refractivity contribution in [1.82, 2.24) is 10.3 Å². The van der Waals surface area contributed by atoms with E-state index < -0.39 is 39.6 Å². The van der Waals surface area contributed by atoms with Gasteiger partial charge in [0.25, 0.3) is 15.9 Å². The Morgan fingerprint density at radius 2 is 1.72 bits per heavy atom. The van der Waals surface area contributed by atoms with Crippen LogP contribution in [0.3, 0.4) is 0 Å². The minimum Gasteiger partial charge on any atom is -0.406 e. The number of ether oxygens (including phenoxy) is 1. The number of nitrogens with zero attached hydrogens (tertiary/aromatic N) is 2. The number of carbonyl (C=O) groups is 2. The molecule has 0 bridgehead atoms. The van der Waals surface area contributed by atoms with E-state index in [1.54, 1.807) is 18.2 Å². The van der Waals surface area contributed by atoms with Gasteiger partial charge in [-0.1, -0.05) is 18.2 Å². The normalized spacial score (nSPS) is 18.2. The summed E-state index contributed by atoms with van der Waals surface area (Å²) in [5.74, 6) is -1.18. The molecule has 9 nitrogen and oxygen atoms in total. The molecule has 1 aromatic heterocycles. The first-order valence-corrected chi connectivity index (χ1v) is 11.9. The van der Waals surface area contributed by atoms with Crippen LogP contribution >= 0.6 is 0 Å². The molecule has 2 N–H and O–H groups in total. The van der Waals surface area contributed by atoms with Crippen molar-refractivity contribution in [3.63, 3.8) is 0 Å². The van der Waals surface area contributed by atoms with Crippen LogP contribution in [-0.2, 0) is 21.2 Å². The van der Waals surface area contributed by atoms with Crippen molar-refractivity contribution in [2.45, 2.75) is 30.1 Å². The lowest BCUT2D eigenvalue weighted by Crippen LogP contribution is -2.46. The maximum Gasteiger partial charge on any atom is 0.573 e. The highest BCUT2D eigenvalue weighted by atomic mass is 32.2. The van der Waals surface area contributed by atoms with E-state index in [1.165, 1.54) is 37.5 Å². The summed E-state index contributed by atoms with van der Waals surface area (Å²) >= 11 is 0. The summed E-state index contributed by atoms with van der Waals surface area (Å²) in [5.41, 5.74) is -0.935. The second-order valence-electron chi connectivity index (χ2n) is 8.07. The van der Waals surface area contributed by atoms with Crippen molar-refractivity contribution in [3.8, 4) is 5.75 Å². The molecule has 36 heavy (non-hydrogen) atoms. The first-order valence-electron chi connectivity index (χ1n) is 10.4. The van der Waals surface area contributed by atoms with Crippen LogP contribution < -0.4 is 19.7 Å². The summed E-state index contributed by atoms with van der Waals surface area (Å²) in [7, 11) is -3.95. The average molecular weight is 520 g/mol. The number of aromatic nitrogens is 1. The molecular weight excluding hydrogens is 501 g/mol. The SMILES string of the molecule is CC1(Cc2ccncc2NS(=O)(=O)c2ccccc2)NC(=O)N(c2ccc(OC(F)(F)F)cc2)C1=O. The first-order chi connectivity index (χ1) is 16.9.